The average Bonchev–Trinajstić information content (AvgIpc) is 2.47. The van der Waals surface area contributed by atoms with Crippen LogP contribution in [0.4, 0.5) is 0 Å². The van der Waals surface area contributed by atoms with Gasteiger partial charge in [-0.05, 0) is 27.5 Å². The first kappa shape index (κ1) is 11.0. The molecule has 0 aliphatic carbocycles. The van der Waals surface area contributed by atoms with Crippen molar-refractivity contribution in [2.45, 2.75) is 6.54 Å². The summed E-state index contributed by atoms with van der Waals surface area (Å²) in [7, 11) is 0. The number of hydrogen-bond donors (Lipinski definition) is 1. The maximum absolute atomic E-state index is 5.86. The summed E-state index contributed by atoms with van der Waals surface area (Å²) in [6.45, 7) is 0.571. The molecule has 0 saturated carbocycles. The van der Waals surface area contributed by atoms with E-state index in [1.807, 2.05) is 6.07 Å². The lowest BCUT2D eigenvalue weighted by atomic mass is 9.95. The first-order valence-corrected chi connectivity index (χ1v) is 6.16. The Bertz CT molecular complexity index is 666. The van der Waals surface area contributed by atoms with Crippen molar-refractivity contribution >= 4 is 10.8 Å². The first-order valence-electron chi connectivity index (χ1n) is 6.16. The second-order valence-electron chi connectivity index (χ2n) is 4.39. The second-order valence-corrected chi connectivity index (χ2v) is 4.39. The molecule has 3 aromatic carbocycles. The molecule has 18 heavy (non-hydrogen) atoms. The molecule has 0 saturated heterocycles. The highest BCUT2D eigenvalue weighted by Gasteiger charge is 2.06. The summed E-state index contributed by atoms with van der Waals surface area (Å²) in [6, 6.07) is 23.2. The highest BCUT2D eigenvalue weighted by atomic mass is 14.5. The highest BCUT2D eigenvalue weighted by Crippen LogP contribution is 2.30. The van der Waals surface area contributed by atoms with Crippen LogP contribution < -0.4 is 5.73 Å². The van der Waals surface area contributed by atoms with Crippen LogP contribution in [0.2, 0.25) is 0 Å². The van der Waals surface area contributed by atoms with Crippen LogP contribution in [-0.4, -0.2) is 0 Å². The Morgan fingerprint density at radius 2 is 1.44 bits per heavy atom. The molecule has 1 nitrogen and oxygen atoms in total. The first-order chi connectivity index (χ1) is 8.90. The van der Waals surface area contributed by atoms with E-state index in [-0.39, 0.29) is 0 Å². The van der Waals surface area contributed by atoms with Crippen molar-refractivity contribution in [3.05, 3.63) is 72.3 Å². The smallest absolute Gasteiger partial charge is 0.0184 e. The van der Waals surface area contributed by atoms with Crippen molar-refractivity contribution in [1.82, 2.24) is 0 Å². The van der Waals surface area contributed by atoms with Crippen LogP contribution in [0.3, 0.4) is 0 Å². The molecule has 0 aromatic heterocycles. The van der Waals surface area contributed by atoms with Crippen LogP contribution in [-0.2, 0) is 6.54 Å². The SMILES string of the molecule is NCc1cccc2cccc(-c3ccccc3)c12. The molecular formula is C17H15N. The van der Waals surface area contributed by atoms with E-state index in [2.05, 4.69) is 60.7 Å². The normalized spacial score (nSPS) is 10.7. The maximum atomic E-state index is 5.86. The lowest BCUT2D eigenvalue weighted by molar-refractivity contribution is 1.09. The third-order valence-corrected chi connectivity index (χ3v) is 3.30. The quantitative estimate of drug-likeness (QED) is 0.712. The fraction of sp³-hybridized carbons (Fsp3) is 0.0588. The molecule has 0 heterocycles. The molecule has 0 bridgehead atoms. The van der Waals surface area contributed by atoms with Gasteiger partial charge in [-0.15, -0.1) is 0 Å². The second kappa shape index (κ2) is 4.63. The number of nitrogens with two attached hydrogens (primary N) is 1. The Balaban J connectivity index is 2.36. The molecule has 2 N–H and O–H groups in total. The minimum absolute atomic E-state index is 0.571. The van der Waals surface area contributed by atoms with E-state index in [1.54, 1.807) is 0 Å². The van der Waals surface area contributed by atoms with E-state index in [0.29, 0.717) is 6.54 Å². The van der Waals surface area contributed by atoms with E-state index >= 15 is 0 Å². The average molecular weight is 233 g/mol. The highest BCUT2D eigenvalue weighted by molar-refractivity contribution is 5.99. The fourth-order valence-electron chi connectivity index (χ4n) is 2.45. The Kier molecular flexibility index (Phi) is 2.83. The van der Waals surface area contributed by atoms with Gasteiger partial charge in [-0.25, -0.2) is 0 Å². The van der Waals surface area contributed by atoms with E-state index < -0.39 is 0 Å². The molecule has 0 amide bonds. The number of hydrogen-bond acceptors (Lipinski definition) is 1. The topological polar surface area (TPSA) is 26.0 Å². The minimum Gasteiger partial charge on any atom is -0.326 e. The van der Waals surface area contributed by atoms with Crippen molar-refractivity contribution < 1.29 is 0 Å². The molecule has 0 aliphatic heterocycles. The van der Waals surface area contributed by atoms with Gasteiger partial charge in [-0.1, -0.05) is 66.7 Å². The molecule has 0 atom stereocenters. The predicted molar refractivity (Wildman–Crippen MR) is 77.3 cm³/mol. The van der Waals surface area contributed by atoms with Gasteiger partial charge in [-0.2, -0.15) is 0 Å². The number of fused-ring (bicyclic) bond motifs is 1. The van der Waals surface area contributed by atoms with E-state index in [1.165, 1.54) is 27.5 Å². The molecule has 1 heteroatoms. The lowest BCUT2D eigenvalue weighted by Gasteiger charge is -2.10. The molecule has 3 rings (SSSR count). The van der Waals surface area contributed by atoms with Crippen LogP contribution in [0.15, 0.2) is 66.7 Å². The molecule has 88 valence electrons. The van der Waals surface area contributed by atoms with Crippen molar-refractivity contribution in [2.75, 3.05) is 0 Å². The van der Waals surface area contributed by atoms with Crippen LogP contribution in [0.25, 0.3) is 21.9 Å². The predicted octanol–water partition coefficient (Wildman–Crippen LogP) is 3.97. The maximum Gasteiger partial charge on any atom is 0.0184 e. The lowest BCUT2D eigenvalue weighted by Crippen LogP contribution is -1.98. The van der Waals surface area contributed by atoms with Gasteiger partial charge in [0.25, 0.3) is 0 Å². The van der Waals surface area contributed by atoms with Crippen LogP contribution >= 0.6 is 0 Å². The Hall–Kier alpha value is -2.12. The van der Waals surface area contributed by atoms with E-state index in [0.717, 1.165) is 0 Å². The summed E-state index contributed by atoms with van der Waals surface area (Å²) in [5, 5.41) is 2.52. The molecule has 0 fully saturated rings. The van der Waals surface area contributed by atoms with Crippen LogP contribution in [0, 0.1) is 0 Å². The Labute approximate surface area is 107 Å². The summed E-state index contributed by atoms with van der Waals surface area (Å²) in [6.07, 6.45) is 0. The molecule has 0 radical (unpaired) electrons. The third-order valence-electron chi connectivity index (χ3n) is 3.30. The zero-order valence-corrected chi connectivity index (χ0v) is 10.1. The summed E-state index contributed by atoms with van der Waals surface area (Å²) in [4.78, 5) is 0. The largest absolute Gasteiger partial charge is 0.326 e. The van der Waals surface area contributed by atoms with Crippen molar-refractivity contribution in [3.63, 3.8) is 0 Å². The zero-order chi connectivity index (χ0) is 12.4. The van der Waals surface area contributed by atoms with Gasteiger partial charge >= 0.3 is 0 Å². The number of rotatable bonds is 2. The van der Waals surface area contributed by atoms with Crippen molar-refractivity contribution in [3.8, 4) is 11.1 Å². The van der Waals surface area contributed by atoms with E-state index in [4.69, 9.17) is 5.73 Å². The standard InChI is InChI=1S/C17H15N/c18-12-15-10-4-8-14-9-5-11-16(17(14)15)13-6-2-1-3-7-13/h1-11H,12,18H2. The summed E-state index contributed by atoms with van der Waals surface area (Å²) < 4.78 is 0. The molecule has 0 unspecified atom stereocenters. The van der Waals surface area contributed by atoms with Crippen LogP contribution in [0.5, 0.6) is 0 Å². The van der Waals surface area contributed by atoms with Gasteiger partial charge in [-0.3, -0.25) is 0 Å². The Morgan fingerprint density at radius 3 is 2.17 bits per heavy atom. The fourth-order valence-corrected chi connectivity index (χ4v) is 2.45. The third kappa shape index (κ3) is 1.79. The molecule has 0 spiro atoms. The van der Waals surface area contributed by atoms with Gasteiger partial charge < -0.3 is 5.73 Å². The van der Waals surface area contributed by atoms with Crippen LogP contribution in [0.1, 0.15) is 5.56 Å². The summed E-state index contributed by atoms with van der Waals surface area (Å²) >= 11 is 0. The van der Waals surface area contributed by atoms with Gasteiger partial charge in [0, 0.05) is 6.54 Å². The van der Waals surface area contributed by atoms with Crippen molar-refractivity contribution in [2.24, 2.45) is 5.73 Å². The van der Waals surface area contributed by atoms with Gasteiger partial charge in [0.15, 0.2) is 0 Å². The summed E-state index contributed by atoms with van der Waals surface area (Å²) in [5.41, 5.74) is 9.56. The Morgan fingerprint density at radius 1 is 0.722 bits per heavy atom. The summed E-state index contributed by atoms with van der Waals surface area (Å²) in [5.74, 6) is 0. The van der Waals surface area contributed by atoms with Gasteiger partial charge in [0.05, 0.1) is 0 Å². The molecule has 3 aromatic rings. The molecule has 0 aliphatic rings. The van der Waals surface area contributed by atoms with Gasteiger partial charge in [0.1, 0.15) is 0 Å². The minimum atomic E-state index is 0.571. The monoisotopic (exact) mass is 233 g/mol. The zero-order valence-electron chi connectivity index (χ0n) is 10.1. The van der Waals surface area contributed by atoms with Crippen molar-refractivity contribution in [1.29, 1.82) is 0 Å². The number of benzene rings is 3. The molecular weight excluding hydrogens is 218 g/mol. The van der Waals surface area contributed by atoms with E-state index in [9.17, 15) is 0 Å². The van der Waals surface area contributed by atoms with Gasteiger partial charge in [0.2, 0.25) is 0 Å².